The predicted octanol–water partition coefficient (Wildman–Crippen LogP) is -3.20. The molecule has 0 heterocycles. The summed E-state index contributed by atoms with van der Waals surface area (Å²) in [4.78, 5) is 2.18. The number of aliphatic hydroxyl groups excluding tert-OH is 5. The molecule has 0 aromatic heterocycles. The van der Waals surface area contributed by atoms with Crippen LogP contribution in [0.5, 0.6) is 0 Å². The van der Waals surface area contributed by atoms with Gasteiger partial charge in [-0.15, -0.1) is 0 Å². The number of hydrogen-bond acceptors (Lipinski definition) is 7. The summed E-state index contributed by atoms with van der Waals surface area (Å²) in [6, 6.07) is 0. The van der Waals surface area contributed by atoms with Crippen LogP contribution in [0.1, 0.15) is 0 Å². The van der Waals surface area contributed by atoms with Crippen molar-refractivity contribution in [2.75, 3.05) is 0 Å². The van der Waals surface area contributed by atoms with Gasteiger partial charge in [0.05, 0.1) is 0 Å². The average Bonchev–Trinajstić information content (AvgIpc) is 2.22. The maximum atomic E-state index is 9.52. The lowest BCUT2D eigenvalue weighted by molar-refractivity contribution is -0.265. The summed E-state index contributed by atoms with van der Waals surface area (Å²) in [6.07, 6.45) is -9.90. The van der Waals surface area contributed by atoms with Gasteiger partial charge in [0.15, 0.2) is 0 Å². The van der Waals surface area contributed by atoms with Gasteiger partial charge in [0.2, 0.25) is 5.72 Å². The number of hydrogen-bond donors (Lipinski definition) is 6. The second-order valence-electron chi connectivity index (χ2n) is 3.33. The molecule has 0 saturated heterocycles. The molecule has 1 fully saturated rings. The van der Waals surface area contributed by atoms with Gasteiger partial charge in [-0.05, 0) is 5.53 Å². The van der Waals surface area contributed by atoms with Gasteiger partial charge in [-0.3, -0.25) is 0 Å². The van der Waals surface area contributed by atoms with Gasteiger partial charge in [0.25, 0.3) is 0 Å². The topological polar surface area (TPSA) is 170 Å². The van der Waals surface area contributed by atoms with Gasteiger partial charge in [-0.1, -0.05) is 5.11 Å². The Morgan fingerprint density at radius 3 is 1.67 bits per heavy atom. The van der Waals surface area contributed by atoms with Crippen molar-refractivity contribution in [1.82, 2.24) is 0 Å². The summed E-state index contributed by atoms with van der Waals surface area (Å²) in [7, 11) is 0. The zero-order valence-corrected chi connectivity index (χ0v) is 7.41. The molecule has 15 heavy (non-hydrogen) atoms. The van der Waals surface area contributed by atoms with Gasteiger partial charge in [0, 0.05) is 4.91 Å². The van der Waals surface area contributed by atoms with Crippen LogP contribution in [-0.2, 0) is 0 Å². The first kappa shape index (κ1) is 12.1. The first-order valence-electron chi connectivity index (χ1n) is 4.05. The van der Waals surface area contributed by atoms with Gasteiger partial charge in [0.1, 0.15) is 30.5 Å². The number of azide groups is 1. The Morgan fingerprint density at radius 1 is 0.933 bits per heavy atom. The van der Waals surface area contributed by atoms with Crippen molar-refractivity contribution in [3.8, 4) is 0 Å². The maximum Gasteiger partial charge on any atom is 0.200 e. The normalized spacial score (nSPS) is 50.9. The molecule has 86 valence electrons. The Hall–Kier alpha value is -0.930. The Morgan fingerprint density at radius 2 is 1.33 bits per heavy atom. The summed E-state index contributed by atoms with van der Waals surface area (Å²) in [5, 5.41) is 58.3. The van der Waals surface area contributed by atoms with Crippen LogP contribution in [0, 0.1) is 0 Å². The van der Waals surface area contributed by atoms with E-state index in [1.165, 1.54) is 0 Å². The molecule has 1 aliphatic rings. The van der Waals surface area contributed by atoms with E-state index in [0.29, 0.717) is 0 Å². The molecule has 0 bridgehead atoms. The lowest BCUT2D eigenvalue weighted by Gasteiger charge is -2.44. The van der Waals surface area contributed by atoms with Gasteiger partial charge in [-0.2, -0.15) is 0 Å². The third-order valence-corrected chi connectivity index (χ3v) is 2.42. The van der Waals surface area contributed by atoms with Gasteiger partial charge < -0.3 is 30.6 Å². The molecule has 1 saturated carbocycles. The molecule has 0 aliphatic heterocycles. The molecule has 6 atom stereocenters. The van der Waals surface area contributed by atoms with Crippen LogP contribution in [0.4, 0.5) is 0 Å². The van der Waals surface area contributed by atoms with E-state index in [-0.39, 0.29) is 0 Å². The highest BCUT2D eigenvalue weighted by atomic mass is 16.4. The zero-order chi connectivity index (χ0) is 11.8. The van der Waals surface area contributed by atoms with Crippen LogP contribution >= 0.6 is 0 Å². The first-order chi connectivity index (χ1) is 6.86. The van der Waals surface area contributed by atoms with Crippen molar-refractivity contribution < 1.29 is 30.6 Å². The van der Waals surface area contributed by atoms with E-state index in [2.05, 4.69) is 10.0 Å². The summed E-state index contributed by atoms with van der Waals surface area (Å²) in [6.45, 7) is 0. The van der Waals surface area contributed by atoms with Crippen molar-refractivity contribution in [2.45, 2.75) is 36.2 Å². The van der Waals surface area contributed by atoms with E-state index in [1.807, 2.05) is 0 Å². The van der Waals surface area contributed by atoms with Crippen molar-refractivity contribution in [2.24, 2.45) is 5.11 Å². The monoisotopic (exact) mass is 221 g/mol. The lowest BCUT2D eigenvalue weighted by atomic mass is 9.80. The van der Waals surface area contributed by atoms with Crippen LogP contribution in [0.2, 0.25) is 0 Å². The number of nitrogens with zero attached hydrogens (tertiary/aromatic N) is 3. The van der Waals surface area contributed by atoms with E-state index in [4.69, 9.17) is 10.6 Å². The minimum atomic E-state index is -2.77. The molecule has 6 N–H and O–H groups in total. The average molecular weight is 221 g/mol. The fourth-order valence-corrected chi connectivity index (χ4v) is 1.44. The first-order valence-corrected chi connectivity index (χ1v) is 4.05. The molecule has 0 amide bonds. The highest BCUT2D eigenvalue weighted by molar-refractivity contribution is 5.07. The zero-order valence-electron chi connectivity index (χ0n) is 7.41. The van der Waals surface area contributed by atoms with Crippen LogP contribution in [0.15, 0.2) is 5.11 Å². The standard InChI is InChI=1S/C6H11N3O6/c7-9-8-6(15)4(13)2(11)1(10)3(12)5(6)14/h1-5,10-15H/t1-,2-,3-,4+,5-,6-/m1/s1. The van der Waals surface area contributed by atoms with Crippen molar-refractivity contribution in [3.05, 3.63) is 10.4 Å². The molecule has 0 aromatic rings. The third-order valence-electron chi connectivity index (χ3n) is 2.42. The minimum Gasteiger partial charge on any atom is -0.387 e. The predicted molar refractivity (Wildman–Crippen MR) is 44.1 cm³/mol. The molecule has 0 spiro atoms. The largest absolute Gasteiger partial charge is 0.387 e. The Labute approximate surface area is 83.5 Å². The van der Waals surface area contributed by atoms with E-state index < -0.39 is 36.2 Å². The highest BCUT2D eigenvalue weighted by Gasteiger charge is 2.57. The Kier molecular flexibility index (Phi) is 3.16. The van der Waals surface area contributed by atoms with Crippen LogP contribution in [-0.4, -0.2) is 66.9 Å². The van der Waals surface area contributed by atoms with E-state index in [9.17, 15) is 25.5 Å². The molecule has 0 radical (unpaired) electrons. The molecular formula is C6H11N3O6. The number of rotatable bonds is 1. The van der Waals surface area contributed by atoms with E-state index in [0.717, 1.165) is 0 Å². The Bertz CT molecular complexity index is 277. The fraction of sp³-hybridized carbons (Fsp3) is 1.00. The van der Waals surface area contributed by atoms with Crippen LogP contribution in [0.25, 0.3) is 10.4 Å². The second kappa shape index (κ2) is 3.91. The van der Waals surface area contributed by atoms with Gasteiger partial charge >= 0.3 is 0 Å². The quantitative estimate of drug-likeness (QED) is 0.155. The third kappa shape index (κ3) is 1.66. The van der Waals surface area contributed by atoms with Crippen molar-refractivity contribution >= 4 is 0 Å². The number of aliphatic hydroxyl groups is 6. The molecule has 0 unspecified atom stereocenters. The summed E-state index contributed by atoms with van der Waals surface area (Å²) >= 11 is 0. The lowest BCUT2D eigenvalue weighted by Crippen LogP contribution is -2.69. The molecule has 9 heteroatoms. The SMILES string of the molecule is [N-]=[N+]=N[C@]1(O)[C@H](O)[C@H](O)[C@H](O)[C@@H](O)[C@@H]1O. The minimum absolute atomic E-state index is 1.84. The molecule has 1 aliphatic carbocycles. The highest BCUT2D eigenvalue weighted by Crippen LogP contribution is 2.31. The fourth-order valence-electron chi connectivity index (χ4n) is 1.44. The summed E-state index contributed by atoms with van der Waals surface area (Å²) in [5.41, 5.74) is 5.34. The van der Waals surface area contributed by atoms with E-state index in [1.54, 1.807) is 0 Å². The second-order valence-corrected chi connectivity index (χ2v) is 3.33. The maximum absolute atomic E-state index is 9.52. The Balaban J connectivity index is 3.11. The van der Waals surface area contributed by atoms with Crippen LogP contribution < -0.4 is 0 Å². The van der Waals surface area contributed by atoms with Crippen molar-refractivity contribution in [1.29, 1.82) is 0 Å². The summed E-state index contributed by atoms with van der Waals surface area (Å²) < 4.78 is 0. The molecular weight excluding hydrogens is 210 g/mol. The molecule has 0 aromatic carbocycles. The van der Waals surface area contributed by atoms with Gasteiger partial charge in [-0.25, -0.2) is 0 Å². The van der Waals surface area contributed by atoms with Crippen molar-refractivity contribution in [3.63, 3.8) is 0 Å². The molecule has 9 nitrogen and oxygen atoms in total. The van der Waals surface area contributed by atoms with Crippen LogP contribution in [0.3, 0.4) is 0 Å². The summed E-state index contributed by atoms with van der Waals surface area (Å²) in [5.74, 6) is 0. The molecule has 1 rings (SSSR count). The van der Waals surface area contributed by atoms with E-state index >= 15 is 0 Å². The smallest absolute Gasteiger partial charge is 0.200 e.